The van der Waals surface area contributed by atoms with Gasteiger partial charge in [-0.05, 0) is 36.4 Å². The molecule has 0 spiro atoms. The third-order valence-electron chi connectivity index (χ3n) is 2.79. The average Bonchev–Trinajstić information content (AvgIpc) is 2.96. The molecule has 19 heavy (non-hydrogen) atoms. The molecule has 0 atom stereocenters. The summed E-state index contributed by atoms with van der Waals surface area (Å²) in [7, 11) is 0. The molecule has 0 radical (unpaired) electrons. The second-order valence-corrected chi connectivity index (χ2v) is 4.19. The number of aliphatic imine (C=N–C) groups is 1. The van der Waals surface area contributed by atoms with E-state index in [2.05, 4.69) is 15.0 Å². The molecule has 0 aliphatic heterocycles. The topological polar surface area (TPSA) is 66.6 Å². The number of nitrogens with one attached hydrogen (secondary N) is 1. The zero-order valence-corrected chi connectivity index (χ0v) is 10.2. The molecule has 4 nitrogen and oxygen atoms in total. The van der Waals surface area contributed by atoms with Crippen molar-refractivity contribution in [3.63, 3.8) is 0 Å². The summed E-state index contributed by atoms with van der Waals surface area (Å²) in [5.41, 5.74) is 3.58. The van der Waals surface area contributed by atoms with Crippen LogP contribution in [0, 0.1) is 0 Å². The number of nitrogens with two attached hydrogens (primary N) is 1. The molecule has 2 aromatic rings. The molecule has 3 rings (SSSR count). The summed E-state index contributed by atoms with van der Waals surface area (Å²) in [6.07, 6.45) is 11.0. The predicted molar refractivity (Wildman–Crippen MR) is 76.3 cm³/mol. The highest BCUT2D eigenvalue weighted by molar-refractivity contribution is 6.17. The fraction of sp³-hybridized carbons (Fsp3) is 0. The molecule has 92 valence electrons. The van der Waals surface area contributed by atoms with Gasteiger partial charge in [0.1, 0.15) is 5.82 Å². The highest BCUT2D eigenvalue weighted by Crippen LogP contribution is 2.20. The number of imidazole rings is 1. The molecule has 4 heteroatoms. The third-order valence-corrected chi connectivity index (χ3v) is 2.79. The van der Waals surface area contributed by atoms with E-state index in [-0.39, 0.29) is 0 Å². The lowest BCUT2D eigenvalue weighted by molar-refractivity contribution is -0.110. The van der Waals surface area contributed by atoms with Crippen molar-refractivity contribution in [2.24, 2.45) is 4.99 Å². The molecule has 1 heterocycles. The van der Waals surface area contributed by atoms with Crippen LogP contribution in [0.5, 0.6) is 0 Å². The quantitative estimate of drug-likeness (QED) is 0.778. The summed E-state index contributed by atoms with van der Waals surface area (Å²) < 4.78 is 0. The standard InChI is InChI=1S/C15H12N4/c16-12-3-7-14(8-4-12)19-13-5-1-11(2-6-13)15-17-9-10-18-15/h1-10,16H,(H,17,18)/p+1. The summed E-state index contributed by atoms with van der Waals surface area (Å²) in [6.45, 7) is 0. The Labute approximate surface area is 110 Å². The smallest absolute Gasteiger partial charge is 0.196 e. The van der Waals surface area contributed by atoms with Crippen LogP contribution in [0.4, 0.5) is 5.69 Å². The van der Waals surface area contributed by atoms with E-state index in [1.54, 1.807) is 6.20 Å². The number of hydrogen-bond acceptors (Lipinski definition) is 2. The molecule has 0 fully saturated rings. The molecule has 0 unspecified atom stereocenters. The Kier molecular flexibility index (Phi) is 2.90. The van der Waals surface area contributed by atoms with E-state index >= 15 is 0 Å². The molecule has 0 amide bonds. The van der Waals surface area contributed by atoms with Crippen molar-refractivity contribution in [2.75, 3.05) is 0 Å². The van der Waals surface area contributed by atoms with Gasteiger partial charge < -0.3 is 4.98 Å². The molecule has 1 aliphatic rings. The molecular weight excluding hydrogens is 236 g/mol. The van der Waals surface area contributed by atoms with Crippen LogP contribution in [0.15, 0.2) is 66.0 Å². The van der Waals surface area contributed by atoms with Crippen LogP contribution in [0.25, 0.3) is 11.4 Å². The number of aromatic amines is 1. The number of hydrogen-bond donors (Lipinski definition) is 2. The summed E-state index contributed by atoms with van der Waals surface area (Å²) in [6, 6.07) is 7.92. The first kappa shape index (κ1) is 11.3. The van der Waals surface area contributed by atoms with Crippen LogP contribution in [0.1, 0.15) is 0 Å². The summed E-state index contributed by atoms with van der Waals surface area (Å²) in [5, 5.41) is 5.64. The van der Waals surface area contributed by atoms with E-state index in [4.69, 9.17) is 5.41 Å². The van der Waals surface area contributed by atoms with Gasteiger partial charge in [-0.1, -0.05) is 0 Å². The molecule has 1 aliphatic carbocycles. The normalized spacial score (nSPS) is 13.9. The number of allylic oxidation sites excluding steroid dienone is 4. The lowest BCUT2D eigenvalue weighted by atomic mass is 10.1. The largest absolute Gasteiger partial charge is 0.345 e. The van der Waals surface area contributed by atoms with Crippen molar-refractivity contribution in [3.05, 3.63) is 61.0 Å². The average molecular weight is 249 g/mol. The maximum Gasteiger partial charge on any atom is 0.196 e. The molecule has 0 saturated heterocycles. The SMILES string of the molecule is [NH2+]=C1C=CC(=Nc2ccc(-c3ncc[nH]3)cc2)C=C1. The van der Waals surface area contributed by atoms with Crippen LogP contribution in [0.2, 0.25) is 0 Å². The van der Waals surface area contributed by atoms with Gasteiger partial charge in [0.2, 0.25) is 0 Å². The van der Waals surface area contributed by atoms with Gasteiger partial charge in [0, 0.05) is 30.1 Å². The van der Waals surface area contributed by atoms with E-state index in [1.807, 2.05) is 54.8 Å². The Balaban J connectivity index is 1.84. The van der Waals surface area contributed by atoms with Gasteiger partial charge in [0.05, 0.1) is 11.4 Å². The molecule has 1 aromatic carbocycles. The first-order valence-electron chi connectivity index (χ1n) is 5.98. The Morgan fingerprint density at radius 2 is 1.74 bits per heavy atom. The minimum absolute atomic E-state index is 0.743. The first-order valence-corrected chi connectivity index (χ1v) is 5.98. The predicted octanol–water partition coefficient (Wildman–Crippen LogP) is 1.48. The van der Waals surface area contributed by atoms with E-state index in [0.29, 0.717) is 0 Å². The number of nitrogens with zero attached hydrogens (tertiary/aromatic N) is 2. The van der Waals surface area contributed by atoms with E-state index < -0.39 is 0 Å². The minimum atomic E-state index is 0.743. The maximum atomic E-state index is 5.64. The van der Waals surface area contributed by atoms with Crippen LogP contribution in [0.3, 0.4) is 0 Å². The molecule has 0 saturated carbocycles. The monoisotopic (exact) mass is 249 g/mol. The lowest BCUT2D eigenvalue weighted by Crippen LogP contribution is -2.37. The van der Waals surface area contributed by atoms with Gasteiger partial charge in [-0.3, -0.25) is 5.41 Å². The summed E-state index contributed by atoms with van der Waals surface area (Å²) >= 11 is 0. The molecule has 3 N–H and O–H groups in total. The van der Waals surface area contributed by atoms with Crippen LogP contribution >= 0.6 is 0 Å². The van der Waals surface area contributed by atoms with E-state index in [9.17, 15) is 0 Å². The van der Waals surface area contributed by atoms with Crippen LogP contribution < -0.4 is 5.41 Å². The fourth-order valence-corrected chi connectivity index (χ4v) is 1.81. The number of H-pyrrole nitrogens is 1. The first-order chi connectivity index (χ1) is 9.31. The van der Waals surface area contributed by atoms with Gasteiger partial charge in [0.25, 0.3) is 0 Å². The number of aromatic nitrogens is 2. The van der Waals surface area contributed by atoms with Crippen molar-refractivity contribution in [2.45, 2.75) is 0 Å². The van der Waals surface area contributed by atoms with Crippen molar-refractivity contribution >= 4 is 17.1 Å². The van der Waals surface area contributed by atoms with Crippen molar-refractivity contribution in [1.82, 2.24) is 9.97 Å². The lowest BCUT2D eigenvalue weighted by Gasteiger charge is -2.00. The highest BCUT2D eigenvalue weighted by Gasteiger charge is 2.02. The summed E-state index contributed by atoms with van der Waals surface area (Å²) in [4.78, 5) is 11.8. The third kappa shape index (κ3) is 2.57. The molecule has 1 aromatic heterocycles. The Bertz CT molecular complexity index is 655. The Hall–Kier alpha value is -2.75. The second-order valence-electron chi connectivity index (χ2n) is 4.19. The molecule has 0 bridgehead atoms. The summed E-state index contributed by atoms with van der Waals surface area (Å²) in [5.74, 6) is 0.860. The van der Waals surface area contributed by atoms with Crippen molar-refractivity contribution in [3.8, 4) is 11.4 Å². The van der Waals surface area contributed by atoms with Crippen LogP contribution in [-0.2, 0) is 0 Å². The van der Waals surface area contributed by atoms with Crippen LogP contribution in [-0.4, -0.2) is 21.4 Å². The van der Waals surface area contributed by atoms with Crippen molar-refractivity contribution in [1.29, 1.82) is 0 Å². The fourth-order valence-electron chi connectivity index (χ4n) is 1.81. The maximum absolute atomic E-state index is 5.64. The van der Waals surface area contributed by atoms with Gasteiger partial charge >= 0.3 is 0 Å². The van der Waals surface area contributed by atoms with Gasteiger partial charge in [-0.25, -0.2) is 9.98 Å². The number of benzene rings is 1. The second kappa shape index (κ2) is 4.86. The van der Waals surface area contributed by atoms with Gasteiger partial charge in [-0.2, -0.15) is 0 Å². The zero-order valence-electron chi connectivity index (χ0n) is 10.2. The van der Waals surface area contributed by atoms with E-state index in [1.165, 1.54) is 0 Å². The highest BCUT2D eigenvalue weighted by atomic mass is 14.9. The van der Waals surface area contributed by atoms with Gasteiger partial charge in [0.15, 0.2) is 5.71 Å². The zero-order chi connectivity index (χ0) is 13.1. The van der Waals surface area contributed by atoms with E-state index in [0.717, 1.165) is 28.5 Å². The Morgan fingerprint density at radius 3 is 2.37 bits per heavy atom. The van der Waals surface area contributed by atoms with Gasteiger partial charge in [-0.15, -0.1) is 0 Å². The molecular formula is C15H13N4+. The van der Waals surface area contributed by atoms with Crippen molar-refractivity contribution < 1.29 is 5.41 Å². The minimum Gasteiger partial charge on any atom is -0.345 e. The number of rotatable bonds is 2. The Morgan fingerprint density at radius 1 is 1.00 bits per heavy atom.